The Balaban J connectivity index is 2.06. The Kier molecular flexibility index (Phi) is 4.83. The van der Waals surface area contributed by atoms with Crippen LogP contribution in [0.4, 0.5) is 0 Å². The summed E-state index contributed by atoms with van der Waals surface area (Å²) in [5.41, 5.74) is 0. The molecule has 2 N–H and O–H groups in total. The summed E-state index contributed by atoms with van der Waals surface area (Å²) >= 11 is 0. The summed E-state index contributed by atoms with van der Waals surface area (Å²) in [6, 6.07) is 0. The van der Waals surface area contributed by atoms with Crippen LogP contribution in [0.25, 0.3) is 0 Å². The van der Waals surface area contributed by atoms with Gasteiger partial charge in [-0.2, -0.15) is 0 Å². The normalized spacial score (nSPS) is 22.7. The third-order valence-electron chi connectivity index (χ3n) is 2.46. The highest BCUT2D eigenvalue weighted by atomic mass is 16.1. The molecule has 13 heavy (non-hydrogen) atoms. The molecule has 1 saturated heterocycles. The van der Waals surface area contributed by atoms with E-state index in [9.17, 15) is 4.79 Å². The van der Waals surface area contributed by atoms with Gasteiger partial charge in [0.15, 0.2) is 0 Å². The third-order valence-corrected chi connectivity index (χ3v) is 2.46. The summed E-state index contributed by atoms with van der Waals surface area (Å²) in [5, 5.41) is 6.31. The van der Waals surface area contributed by atoms with Crippen molar-refractivity contribution in [1.29, 1.82) is 0 Å². The van der Waals surface area contributed by atoms with E-state index in [0.29, 0.717) is 12.3 Å². The lowest BCUT2D eigenvalue weighted by Crippen LogP contribution is -2.37. The fourth-order valence-corrected chi connectivity index (χ4v) is 1.67. The summed E-state index contributed by atoms with van der Waals surface area (Å²) in [6.07, 6.45) is 4.10. The van der Waals surface area contributed by atoms with Crippen LogP contribution in [0.1, 0.15) is 32.6 Å². The summed E-state index contributed by atoms with van der Waals surface area (Å²) in [4.78, 5) is 11.2. The smallest absolute Gasteiger partial charge is 0.219 e. The first-order valence-electron chi connectivity index (χ1n) is 5.30. The van der Waals surface area contributed by atoms with Crippen molar-refractivity contribution in [2.45, 2.75) is 32.6 Å². The summed E-state index contributed by atoms with van der Waals surface area (Å²) < 4.78 is 0. The zero-order valence-electron chi connectivity index (χ0n) is 8.44. The molecule has 0 bridgehead atoms. The minimum atomic E-state index is 0.202. The average Bonchev–Trinajstić information content (AvgIpc) is 2.17. The van der Waals surface area contributed by atoms with Crippen molar-refractivity contribution in [2.24, 2.45) is 5.92 Å². The molecule has 0 spiro atoms. The van der Waals surface area contributed by atoms with Crippen molar-refractivity contribution in [3.63, 3.8) is 0 Å². The van der Waals surface area contributed by atoms with Crippen molar-refractivity contribution < 1.29 is 4.79 Å². The minimum Gasteiger partial charge on any atom is -0.356 e. The van der Waals surface area contributed by atoms with Crippen LogP contribution in [0.3, 0.4) is 0 Å². The molecule has 0 aliphatic carbocycles. The monoisotopic (exact) mass is 184 g/mol. The quantitative estimate of drug-likeness (QED) is 0.681. The molecular weight excluding hydrogens is 164 g/mol. The third kappa shape index (κ3) is 4.27. The molecule has 76 valence electrons. The molecule has 0 aromatic heterocycles. The zero-order chi connectivity index (χ0) is 9.52. The van der Waals surface area contributed by atoms with E-state index in [4.69, 9.17) is 0 Å². The first-order valence-corrected chi connectivity index (χ1v) is 5.30. The molecule has 0 aromatic carbocycles. The van der Waals surface area contributed by atoms with Gasteiger partial charge in [-0.25, -0.2) is 0 Å². The van der Waals surface area contributed by atoms with E-state index in [2.05, 4.69) is 10.6 Å². The van der Waals surface area contributed by atoms with Crippen LogP contribution in [-0.4, -0.2) is 25.5 Å². The van der Waals surface area contributed by atoms with Crippen LogP contribution in [0.2, 0.25) is 0 Å². The predicted molar refractivity (Wildman–Crippen MR) is 53.5 cm³/mol. The zero-order valence-corrected chi connectivity index (χ0v) is 8.44. The SMILES string of the molecule is CCCC(=O)NC[C@@H]1CCCNC1. The van der Waals surface area contributed by atoms with Gasteiger partial charge in [0, 0.05) is 13.0 Å². The van der Waals surface area contributed by atoms with Gasteiger partial charge in [-0.3, -0.25) is 4.79 Å². The fourth-order valence-electron chi connectivity index (χ4n) is 1.67. The lowest BCUT2D eigenvalue weighted by atomic mass is 10.00. The van der Waals surface area contributed by atoms with Crippen LogP contribution in [0, 0.1) is 5.92 Å². The van der Waals surface area contributed by atoms with Gasteiger partial charge < -0.3 is 10.6 Å². The van der Waals surface area contributed by atoms with Crippen LogP contribution >= 0.6 is 0 Å². The lowest BCUT2D eigenvalue weighted by Gasteiger charge is -2.22. The molecular formula is C10H20N2O. The Morgan fingerprint density at radius 1 is 1.62 bits per heavy atom. The number of carbonyl (C=O) groups excluding carboxylic acids is 1. The van der Waals surface area contributed by atoms with Gasteiger partial charge in [-0.15, -0.1) is 0 Å². The van der Waals surface area contributed by atoms with Crippen molar-refractivity contribution in [3.8, 4) is 0 Å². The number of nitrogens with one attached hydrogen (secondary N) is 2. The second-order valence-electron chi connectivity index (χ2n) is 3.77. The Bertz CT molecular complexity index is 153. The molecule has 1 atom stereocenters. The van der Waals surface area contributed by atoms with Gasteiger partial charge in [0.2, 0.25) is 5.91 Å². The van der Waals surface area contributed by atoms with Crippen molar-refractivity contribution in [3.05, 3.63) is 0 Å². The molecule has 3 heteroatoms. The Morgan fingerprint density at radius 3 is 3.08 bits per heavy atom. The van der Waals surface area contributed by atoms with E-state index in [1.165, 1.54) is 12.8 Å². The van der Waals surface area contributed by atoms with E-state index < -0.39 is 0 Å². The van der Waals surface area contributed by atoms with E-state index in [0.717, 1.165) is 26.1 Å². The molecule has 1 aliphatic rings. The van der Waals surface area contributed by atoms with Crippen molar-refractivity contribution >= 4 is 5.91 Å². The number of carbonyl (C=O) groups is 1. The molecule has 0 aromatic rings. The van der Waals surface area contributed by atoms with Gasteiger partial charge in [0.25, 0.3) is 0 Å². The van der Waals surface area contributed by atoms with Crippen LogP contribution < -0.4 is 10.6 Å². The molecule has 1 rings (SSSR count). The highest BCUT2D eigenvalue weighted by molar-refractivity contribution is 5.75. The highest BCUT2D eigenvalue weighted by Crippen LogP contribution is 2.08. The van der Waals surface area contributed by atoms with Gasteiger partial charge in [0.1, 0.15) is 0 Å². The van der Waals surface area contributed by atoms with Crippen molar-refractivity contribution in [1.82, 2.24) is 10.6 Å². The van der Waals surface area contributed by atoms with Gasteiger partial charge in [-0.1, -0.05) is 6.92 Å². The van der Waals surface area contributed by atoms with Crippen LogP contribution in [0.5, 0.6) is 0 Å². The molecule has 1 heterocycles. The number of piperidine rings is 1. The first kappa shape index (κ1) is 10.5. The summed E-state index contributed by atoms with van der Waals surface area (Å²) in [7, 11) is 0. The summed E-state index contributed by atoms with van der Waals surface area (Å²) in [5.74, 6) is 0.850. The van der Waals surface area contributed by atoms with E-state index in [1.807, 2.05) is 6.92 Å². The minimum absolute atomic E-state index is 0.202. The average molecular weight is 184 g/mol. The maximum Gasteiger partial charge on any atom is 0.219 e. The largest absolute Gasteiger partial charge is 0.356 e. The van der Waals surface area contributed by atoms with Gasteiger partial charge in [0.05, 0.1) is 0 Å². The molecule has 0 radical (unpaired) electrons. The predicted octanol–water partition coefficient (Wildman–Crippen LogP) is 0.902. The highest BCUT2D eigenvalue weighted by Gasteiger charge is 2.13. The second kappa shape index (κ2) is 5.97. The van der Waals surface area contributed by atoms with Gasteiger partial charge in [-0.05, 0) is 38.3 Å². The Morgan fingerprint density at radius 2 is 2.46 bits per heavy atom. The number of rotatable bonds is 4. The van der Waals surface area contributed by atoms with Crippen LogP contribution in [0.15, 0.2) is 0 Å². The number of hydrogen-bond acceptors (Lipinski definition) is 2. The van der Waals surface area contributed by atoms with Gasteiger partial charge >= 0.3 is 0 Å². The molecule has 1 fully saturated rings. The molecule has 0 saturated carbocycles. The first-order chi connectivity index (χ1) is 6.33. The molecule has 3 nitrogen and oxygen atoms in total. The van der Waals surface area contributed by atoms with Crippen molar-refractivity contribution in [2.75, 3.05) is 19.6 Å². The maximum absolute atomic E-state index is 11.2. The molecule has 1 aliphatic heterocycles. The Labute approximate surface area is 80.3 Å². The molecule has 1 amide bonds. The summed E-state index contributed by atoms with van der Waals surface area (Å²) in [6.45, 7) is 5.08. The number of amides is 1. The van der Waals surface area contributed by atoms with E-state index >= 15 is 0 Å². The standard InChI is InChI=1S/C10H20N2O/c1-2-4-10(13)12-8-9-5-3-6-11-7-9/h9,11H,2-8H2,1H3,(H,12,13)/t9-/m1/s1. The lowest BCUT2D eigenvalue weighted by molar-refractivity contribution is -0.121. The van der Waals surface area contributed by atoms with E-state index in [-0.39, 0.29) is 5.91 Å². The topological polar surface area (TPSA) is 41.1 Å². The van der Waals surface area contributed by atoms with Crippen LogP contribution in [-0.2, 0) is 4.79 Å². The second-order valence-corrected chi connectivity index (χ2v) is 3.77. The van der Waals surface area contributed by atoms with E-state index in [1.54, 1.807) is 0 Å². The maximum atomic E-state index is 11.2. The number of hydrogen-bond donors (Lipinski definition) is 2. The molecule has 0 unspecified atom stereocenters. The fraction of sp³-hybridized carbons (Fsp3) is 0.900. The Hall–Kier alpha value is -0.570.